The van der Waals surface area contributed by atoms with Gasteiger partial charge in [0.2, 0.25) is 5.91 Å². The van der Waals surface area contributed by atoms with Crippen molar-refractivity contribution in [3.63, 3.8) is 0 Å². The molecule has 0 bridgehead atoms. The Balaban J connectivity index is 1.87. The van der Waals surface area contributed by atoms with Crippen molar-refractivity contribution in [3.8, 4) is 5.75 Å². The van der Waals surface area contributed by atoms with E-state index in [0.29, 0.717) is 5.56 Å². The van der Waals surface area contributed by atoms with Crippen LogP contribution in [0.2, 0.25) is 0 Å². The second-order valence-electron chi connectivity index (χ2n) is 5.44. The third-order valence-electron chi connectivity index (χ3n) is 3.51. The SMILES string of the molecule is CC(NC(=O)CCOc1ccccc1F)c1cccc(C(F)(F)F)c1. The topological polar surface area (TPSA) is 38.3 Å². The summed E-state index contributed by atoms with van der Waals surface area (Å²) in [6.07, 6.45) is -4.48. The predicted octanol–water partition coefficient (Wildman–Crippen LogP) is 4.49. The van der Waals surface area contributed by atoms with Gasteiger partial charge in [-0.3, -0.25) is 4.79 Å². The lowest BCUT2D eigenvalue weighted by Crippen LogP contribution is -2.28. The number of hydrogen-bond donors (Lipinski definition) is 1. The summed E-state index contributed by atoms with van der Waals surface area (Å²) in [7, 11) is 0. The first kappa shape index (κ1) is 18.8. The molecule has 1 N–H and O–H groups in total. The second kappa shape index (κ2) is 8.00. The molecule has 0 radical (unpaired) electrons. The number of para-hydroxylation sites is 1. The predicted molar refractivity (Wildman–Crippen MR) is 84.5 cm³/mol. The Kier molecular flexibility index (Phi) is 6.01. The lowest BCUT2D eigenvalue weighted by molar-refractivity contribution is -0.137. The molecule has 2 aromatic rings. The zero-order valence-electron chi connectivity index (χ0n) is 13.4. The average molecular weight is 355 g/mol. The highest BCUT2D eigenvalue weighted by Gasteiger charge is 2.30. The smallest absolute Gasteiger partial charge is 0.416 e. The summed E-state index contributed by atoms with van der Waals surface area (Å²) in [4.78, 5) is 11.9. The van der Waals surface area contributed by atoms with Gasteiger partial charge in [-0.2, -0.15) is 13.2 Å². The molecule has 134 valence electrons. The normalized spacial score (nSPS) is 12.5. The molecule has 2 aromatic carbocycles. The summed E-state index contributed by atoms with van der Waals surface area (Å²) < 4.78 is 56.7. The van der Waals surface area contributed by atoms with E-state index < -0.39 is 29.5 Å². The Morgan fingerprint density at radius 1 is 1.16 bits per heavy atom. The van der Waals surface area contributed by atoms with E-state index in [1.807, 2.05) is 0 Å². The molecular weight excluding hydrogens is 338 g/mol. The molecule has 0 spiro atoms. The summed E-state index contributed by atoms with van der Waals surface area (Å²) in [6, 6.07) is 9.99. The van der Waals surface area contributed by atoms with Gasteiger partial charge in [0, 0.05) is 0 Å². The van der Waals surface area contributed by atoms with Crippen LogP contribution < -0.4 is 10.1 Å². The fraction of sp³-hybridized carbons (Fsp3) is 0.278. The molecule has 0 aromatic heterocycles. The Labute approximate surface area is 142 Å². The number of amides is 1. The molecule has 2 rings (SSSR count). The lowest BCUT2D eigenvalue weighted by Gasteiger charge is -2.16. The third kappa shape index (κ3) is 5.48. The van der Waals surface area contributed by atoms with Crippen LogP contribution in [0.3, 0.4) is 0 Å². The first-order chi connectivity index (χ1) is 11.8. The van der Waals surface area contributed by atoms with Crippen LogP contribution in [0.15, 0.2) is 48.5 Å². The number of alkyl halides is 3. The van der Waals surface area contributed by atoms with Gasteiger partial charge in [-0.25, -0.2) is 4.39 Å². The number of carbonyl (C=O) groups excluding carboxylic acids is 1. The number of ether oxygens (including phenoxy) is 1. The molecular formula is C18H17F4NO2. The van der Waals surface area contributed by atoms with E-state index in [4.69, 9.17) is 4.74 Å². The summed E-state index contributed by atoms with van der Waals surface area (Å²) in [5, 5.41) is 2.60. The monoisotopic (exact) mass is 355 g/mol. The van der Waals surface area contributed by atoms with E-state index in [1.165, 1.54) is 30.3 Å². The Morgan fingerprint density at radius 2 is 1.88 bits per heavy atom. The van der Waals surface area contributed by atoms with Crippen LogP contribution in [0.5, 0.6) is 5.75 Å². The second-order valence-corrected chi connectivity index (χ2v) is 5.44. The number of carbonyl (C=O) groups is 1. The zero-order valence-corrected chi connectivity index (χ0v) is 13.4. The van der Waals surface area contributed by atoms with E-state index in [-0.39, 0.29) is 18.8 Å². The van der Waals surface area contributed by atoms with E-state index in [9.17, 15) is 22.4 Å². The fourth-order valence-electron chi connectivity index (χ4n) is 2.20. The maximum Gasteiger partial charge on any atom is 0.416 e. The summed E-state index contributed by atoms with van der Waals surface area (Å²) in [6.45, 7) is 1.55. The first-order valence-electron chi connectivity index (χ1n) is 7.61. The van der Waals surface area contributed by atoms with Gasteiger partial charge in [0.15, 0.2) is 11.6 Å². The van der Waals surface area contributed by atoms with Crippen LogP contribution >= 0.6 is 0 Å². The van der Waals surface area contributed by atoms with E-state index in [1.54, 1.807) is 13.0 Å². The summed E-state index contributed by atoms with van der Waals surface area (Å²) in [5.74, 6) is -0.886. The molecule has 1 amide bonds. The zero-order chi connectivity index (χ0) is 18.4. The van der Waals surface area contributed by atoms with Crippen LogP contribution in [0.4, 0.5) is 17.6 Å². The van der Waals surface area contributed by atoms with Crippen molar-refractivity contribution in [1.29, 1.82) is 0 Å². The molecule has 7 heteroatoms. The van der Waals surface area contributed by atoms with Crippen molar-refractivity contribution in [2.75, 3.05) is 6.61 Å². The van der Waals surface area contributed by atoms with Crippen molar-refractivity contribution in [1.82, 2.24) is 5.32 Å². The largest absolute Gasteiger partial charge is 0.490 e. The van der Waals surface area contributed by atoms with Crippen molar-refractivity contribution >= 4 is 5.91 Å². The highest BCUT2D eigenvalue weighted by Crippen LogP contribution is 2.30. The standard InChI is InChI=1S/C18H17F4NO2/c1-12(13-5-4-6-14(11-13)18(20,21)22)23-17(24)9-10-25-16-8-3-2-7-15(16)19/h2-8,11-12H,9-10H2,1H3,(H,23,24). The fourth-order valence-corrected chi connectivity index (χ4v) is 2.20. The van der Waals surface area contributed by atoms with Crippen molar-refractivity contribution in [2.45, 2.75) is 25.6 Å². The number of nitrogens with one attached hydrogen (secondary N) is 1. The van der Waals surface area contributed by atoms with Crippen LogP contribution in [0.1, 0.15) is 30.5 Å². The number of rotatable bonds is 6. The molecule has 1 unspecified atom stereocenters. The van der Waals surface area contributed by atoms with Gasteiger partial charge in [-0.05, 0) is 36.8 Å². The molecule has 0 aliphatic heterocycles. The molecule has 0 aliphatic rings. The van der Waals surface area contributed by atoms with E-state index in [2.05, 4.69) is 5.32 Å². The Bertz CT molecular complexity index is 731. The molecule has 3 nitrogen and oxygen atoms in total. The van der Waals surface area contributed by atoms with Crippen LogP contribution in [-0.2, 0) is 11.0 Å². The molecule has 0 saturated carbocycles. The van der Waals surface area contributed by atoms with Crippen molar-refractivity contribution in [2.24, 2.45) is 0 Å². The van der Waals surface area contributed by atoms with Crippen LogP contribution in [0, 0.1) is 5.82 Å². The van der Waals surface area contributed by atoms with Crippen LogP contribution in [-0.4, -0.2) is 12.5 Å². The first-order valence-corrected chi connectivity index (χ1v) is 7.61. The van der Waals surface area contributed by atoms with Gasteiger partial charge >= 0.3 is 6.18 Å². The Hall–Kier alpha value is -2.57. The van der Waals surface area contributed by atoms with Crippen molar-refractivity contribution in [3.05, 3.63) is 65.5 Å². The lowest BCUT2D eigenvalue weighted by atomic mass is 10.0. The van der Waals surface area contributed by atoms with Crippen LogP contribution in [0.25, 0.3) is 0 Å². The number of halogens is 4. The number of benzene rings is 2. The maximum atomic E-state index is 13.4. The molecule has 0 heterocycles. The van der Waals surface area contributed by atoms with Gasteiger partial charge in [0.25, 0.3) is 0 Å². The van der Waals surface area contributed by atoms with E-state index in [0.717, 1.165) is 12.1 Å². The third-order valence-corrected chi connectivity index (χ3v) is 3.51. The molecule has 0 saturated heterocycles. The molecule has 0 aliphatic carbocycles. The van der Waals surface area contributed by atoms with Gasteiger partial charge in [-0.1, -0.05) is 24.3 Å². The minimum atomic E-state index is -4.44. The highest BCUT2D eigenvalue weighted by molar-refractivity contribution is 5.76. The average Bonchev–Trinajstić information content (AvgIpc) is 2.56. The van der Waals surface area contributed by atoms with Gasteiger partial charge < -0.3 is 10.1 Å². The Morgan fingerprint density at radius 3 is 2.56 bits per heavy atom. The molecule has 25 heavy (non-hydrogen) atoms. The van der Waals surface area contributed by atoms with Gasteiger partial charge in [0.05, 0.1) is 24.6 Å². The minimum Gasteiger partial charge on any atom is -0.490 e. The van der Waals surface area contributed by atoms with Gasteiger partial charge in [0.1, 0.15) is 0 Å². The minimum absolute atomic E-state index is 0.0396. The quantitative estimate of drug-likeness (QED) is 0.776. The highest BCUT2D eigenvalue weighted by atomic mass is 19.4. The molecule has 0 fully saturated rings. The van der Waals surface area contributed by atoms with Crippen molar-refractivity contribution < 1.29 is 27.1 Å². The summed E-state index contributed by atoms with van der Waals surface area (Å²) >= 11 is 0. The van der Waals surface area contributed by atoms with E-state index >= 15 is 0 Å². The van der Waals surface area contributed by atoms with Gasteiger partial charge in [-0.15, -0.1) is 0 Å². The molecule has 1 atom stereocenters. The summed E-state index contributed by atoms with van der Waals surface area (Å²) in [5.41, 5.74) is -0.424. The maximum absolute atomic E-state index is 13.4. The number of hydrogen-bond acceptors (Lipinski definition) is 2.